The molecule has 0 aliphatic carbocycles. The number of piperidine rings is 1. The van der Waals surface area contributed by atoms with Gasteiger partial charge in [-0.2, -0.15) is 0 Å². The summed E-state index contributed by atoms with van der Waals surface area (Å²) in [7, 11) is 0. The van der Waals surface area contributed by atoms with Crippen molar-refractivity contribution in [2.24, 2.45) is 10.9 Å². The van der Waals surface area contributed by atoms with Crippen LogP contribution in [0.25, 0.3) is 0 Å². The first-order valence-corrected chi connectivity index (χ1v) is 11.3. The molecular weight excluding hydrogens is 491 g/mol. The Morgan fingerprint density at radius 1 is 1.17 bits per heavy atom. The van der Waals surface area contributed by atoms with Gasteiger partial charge in [0.25, 0.3) is 0 Å². The molecule has 3 rings (SSSR count). The number of rotatable bonds is 9. The highest BCUT2D eigenvalue weighted by atomic mass is 127. The Morgan fingerprint density at radius 2 is 1.93 bits per heavy atom. The lowest BCUT2D eigenvalue weighted by molar-refractivity contribution is 0.0420. The fourth-order valence-corrected chi connectivity index (χ4v) is 3.76. The highest BCUT2D eigenvalue weighted by Gasteiger charge is 2.16. The maximum absolute atomic E-state index is 5.81. The fourth-order valence-electron chi connectivity index (χ4n) is 3.76. The van der Waals surface area contributed by atoms with Gasteiger partial charge in [-0.1, -0.05) is 19.1 Å². The molecule has 2 saturated heterocycles. The molecule has 1 aromatic carbocycles. The molecule has 2 heterocycles. The van der Waals surface area contributed by atoms with Gasteiger partial charge in [-0.25, -0.2) is 4.99 Å². The molecule has 0 bridgehead atoms. The summed E-state index contributed by atoms with van der Waals surface area (Å²) in [5.74, 6) is 1.73. The van der Waals surface area contributed by atoms with Crippen molar-refractivity contribution in [3.05, 3.63) is 29.8 Å². The lowest BCUT2D eigenvalue weighted by atomic mass is 9.99. The Hall–Kier alpha value is -1.06. The number of hydrogen-bond donors (Lipinski definition) is 2. The number of aliphatic imine (C=N–C) groups is 1. The number of nitrogens with zero attached hydrogens (tertiary/aromatic N) is 2. The molecule has 0 spiro atoms. The van der Waals surface area contributed by atoms with Crippen LogP contribution in [-0.2, 0) is 16.0 Å². The van der Waals surface area contributed by atoms with Gasteiger partial charge in [-0.3, -0.25) is 0 Å². The molecule has 1 atom stereocenters. The lowest BCUT2D eigenvalue weighted by Crippen LogP contribution is -2.38. The van der Waals surface area contributed by atoms with Crippen LogP contribution in [0.5, 0.6) is 0 Å². The van der Waals surface area contributed by atoms with E-state index in [-0.39, 0.29) is 30.1 Å². The van der Waals surface area contributed by atoms with Crippen molar-refractivity contribution in [2.45, 2.75) is 52.2 Å². The summed E-state index contributed by atoms with van der Waals surface area (Å²) < 4.78 is 11.1. The Labute approximate surface area is 199 Å². The van der Waals surface area contributed by atoms with Gasteiger partial charge in [-0.05, 0) is 56.2 Å². The molecule has 30 heavy (non-hydrogen) atoms. The second-order valence-electron chi connectivity index (χ2n) is 8.17. The van der Waals surface area contributed by atoms with Gasteiger partial charge in [0.15, 0.2) is 5.96 Å². The summed E-state index contributed by atoms with van der Waals surface area (Å²) >= 11 is 0. The summed E-state index contributed by atoms with van der Waals surface area (Å²) in [6, 6.07) is 8.90. The molecule has 2 fully saturated rings. The SMILES string of the molecule is CCNC(=NCc1ccc(N2CCC(C)CC2)cc1)NCCCOC1CCOC1.I. The first-order valence-electron chi connectivity index (χ1n) is 11.3. The highest BCUT2D eigenvalue weighted by Crippen LogP contribution is 2.23. The van der Waals surface area contributed by atoms with Crippen molar-refractivity contribution in [3.63, 3.8) is 0 Å². The van der Waals surface area contributed by atoms with Crippen LogP contribution in [0.1, 0.15) is 45.1 Å². The summed E-state index contributed by atoms with van der Waals surface area (Å²) in [6.45, 7) is 11.5. The summed E-state index contributed by atoms with van der Waals surface area (Å²) in [5, 5.41) is 6.72. The quantitative estimate of drug-likeness (QED) is 0.220. The largest absolute Gasteiger partial charge is 0.379 e. The van der Waals surface area contributed by atoms with E-state index in [4.69, 9.17) is 14.5 Å². The molecule has 0 aromatic heterocycles. The zero-order valence-electron chi connectivity index (χ0n) is 18.6. The molecule has 6 nitrogen and oxygen atoms in total. The number of anilines is 1. The van der Waals surface area contributed by atoms with Gasteiger partial charge >= 0.3 is 0 Å². The van der Waals surface area contributed by atoms with Gasteiger partial charge in [0.05, 0.1) is 19.3 Å². The van der Waals surface area contributed by atoms with E-state index in [0.29, 0.717) is 6.54 Å². The number of ether oxygens (including phenoxy) is 2. The van der Waals surface area contributed by atoms with Crippen LogP contribution < -0.4 is 15.5 Å². The van der Waals surface area contributed by atoms with Crippen LogP contribution in [0.15, 0.2) is 29.3 Å². The molecule has 170 valence electrons. The zero-order chi connectivity index (χ0) is 20.3. The van der Waals surface area contributed by atoms with E-state index in [2.05, 4.69) is 53.6 Å². The van der Waals surface area contributed by atoms with E-state index < -0.39 is 0 Å². The predicted octanol–water partition coefficient (Wildman–Crippen LogP) is 3.79. The van der Waals surface area contributed by atoms with Crippen LogP contribution in [-0.4, -0.2) is 58.1 Å². The van der Waals surface area contributed by atoms with E-state index in [1.54, 1.807) is 0 Å². The normalized spacial score (nSPS) is 20.1. The Kier molecular flexibility index (Phi) is 11.8. The molecular formula is C23H39IN4O2. The Bertz CT molecular complexity index is 612. The maximum Gasteiger partial charge on any atom is 0.191 e. The number of halogens is 1. The third kappa shape index (κ3) is 8.59. The molecule has 1 unspecified atom stereocenters. The third-order valence-electron chi connectivity index (χ3n) is 5.70. The molecule has 0 radical (unpaired) electrons. The first kappa shape index (κ1) is 25.2. The number of hydrogen-bond acceptors (Lipinski definition) is 4. The number of benzene rings is 1. The minimum absolute atomic E-state index is 0. The molecule has 0 amide bonds. The Balaban J connectivity index is 0.00000320. The molecule has 0 saturated carbocycles. The van der Waals surface area contributed by atoms with Crippen molar-refractivity contribution >= 4 is 35.6 Å². The molecule has 7 heteroatoms. The van der Waals surface area contributed by atoms with Crippen LogP contribution in [0.3, 0.4) is 0 Å². The average Bonchev–Trinajstić information content (AvgIpc) is 3.26. The van der Waals surface area contributed by atoms with Crippen LogP contribution in [0, 0.1) is 5.92 Å². The third-order valence-corrected chi connectivity index (χ3v) is 5.70. The minimum Gasteiger partial charge on any atom is -0.379 e. The van der Waals surface area contributed by atoms with Gasteiger partial charge in [0, 0.05) is 45.1 Å². The smallest absolute Gasteiger partial charge is 0.191 e. The van der Waals surface area contributed by atoms with Crippen LogP contribution in [0.4, 0.5) is 5.69 Å². The molecule has 2 N–H and O–H groups in total. The van der Waals surface area contributed by atoms with Gasteiger partial charge < -0.3 is 25.0 Å². The van der Waals surface area contributed by atoms with E-state index in [1.165, 1.54) is 37.2 Å². The Morgan fingerprint density at radius 3 is 2.60 bits per heavy atom. The monoisotopic (exact) mass is 530 g/mol. The summed E-state index contributed by atoms with van der Waals surface area (Å²) in [5.41, 5.74) is 2.57. The van der Waals surface area contributed by atoms with E-state index in [1.807, 2.05) is 0 Å². The predicted molar refractivity (Wildman–Crippen MR) is 135 cm³/mol. The van der Waals surface area contributed by atoms with Gasteiger partial charge in [-0.15, -0.1) is 24.0 Å². The standard InChI is InChI=1S/C23H38N4O2.HI/c1-3-24-23(25-12-4-15-29-22-11-16-28-18-22)26-17-20-5-7-21(8-6-20)27-13-9-19(2)10-14-27;/h5-8,19,22H,3-4,9-18H2,1-2H3,(H2,24,25,26);1H. The highest BCUT2D eigenvalue weighted by molar-refractivity contribution is 14.0. The second kappa shape index (κ2) is 14.1. The van der Waals surface area contributed by atoms with E-state index >= 15 is 0 Å². The topological polar surface area (TPSA) is 58.1 Å². The molecule has 2 aliphatic rings. The fraction of sp³-hybridized carbons (Fsp3) is 0.696. The lowest BCUT2D eigenvalue weighted by Gasteiger charge is -2.32. The van der Waals surface area contributed by atoms with Crippen LogP contribution >= 0.6 is 24.0 Å². The van der Waals surface area contributed by atoms with Crippen molar-refractivity contribution in [1.82, 2.24) is 10.6 Å². The van der Waals surface area contributed by atoms with Crippen molar-refractivity contribution < 1.29 is 9.47 Å². The number of nitrogens with one attached hydrogen (secondary N) is 2. The second-order valence-corrected chi connectivity index (χ2v) is 8.17. The molecule has 1 aromatic rings. The minimum atomic E-state index is 0. The summed E-state index contributed by atoms with van der Waals surface area (Å²) in [4.78, 5) is 7.23. The maximum atomic E-state index is 5.81. The van der Waals surface area contributed by atoms with Gasteiger partial charge in [0.2, 0.25) is 0 Å². The van der Waals surface area contributed by atoms with Crippen molar-refractivity contribution in [2.75, 3.05) is 50.9 Å². The van der Waals surface area contributed by atoms with Gasteiger partial charge in [0.1, 0.15) is 0 Å². The van der Waals surface area contributed by atoms with E-state index in [0.717, 1.165) is 57.6 Å². The van der Waals surface area contributed by atoms with E-state index in [9.17, 15) is 0 Å². The zero-order valence-corrected chi connectivity index (χ0v) is 20.9. The average molecular weight is 530 g/mol. The molecule has 2 aliphatic heterocycles. The van der Waals surface area contributed by atoms with Crippen molar-refractivity contribution in [1.29, 1.82) is 0 Å². The van der Waals surface area contributed by atoms with Crippen molar-refractivity contribution in [3.8, 4) is 0 Å². The number of guanidine groups is 1. The summed E-state index contributed by atoms with van der Waals surface area (Å²) in [6.07, 6.45) is 4.86. The first-order chi connectivity index (χ1) is 14.2. The van der Waals surface area contributed by atoms with Crippen LogP contribution in [0.2, 0.25) is 0 Å².